The molecule has 4 N–H and O–H groups in total. The van der Waals surface area contributed by atoms with Gasteiger partial charge in [0.25, 0.3) is 5.56 Å². The molecule has 0 aliphatic carbocycles. The Morgan fingerprint density at radius 2 is 2.00 bits per heavy atom. The molecule has 0 saturated carbocycles. The number of hydrogen-bond acceptors (Lipinski definition) is 4. The van der Waals surface area contributed by atoms with Crippen LogP contribution in [0.5, 0.6) is 0 Å². The Balaban J connectivity index is 2.19. The quantitative estimate of drug-likeness (QED) is 0.646. The number of nitrogens with zero attached hydrogens (tertiary/aromatic N) is 3. The van der Waals surface area contributed by atoms with Gasteiger partial charge in [-0.25, -0.2) is 9.67 Å². The third-order valence-electron chi connectivity index (χ3n) is 4.33. The van der Waals surface area contributed by atoms with Crippen LogP contribution in [0.15, 0.2) is 29.2 Å². The van der Waals surface area contributed by atoms with Gasteiger partial charge in [0.2, 0.25) is 5.91 Å². The van der Waals surface area contributed by atoms with Crippen LogP contribution < -0.4 is 11.3 Å². The zero-order valence-electron chi connectivity index (χ0n) is 14.3. The second-order valence-electron chi connectivity index (χ2n) is 6.03. The third-order valence-corrected chi connectivity index (χ3v) is 4.33. The van der Waals surface area contributed by atoms with Crippen LogP contribution in [-0.4, -0.2) is 30.9 Å². The molecular weight excluding hydrogens is 320 g/mol. The topological polar surface area (TPSA) is 122 Å². The Hall–Kier alpha value is -3.16. The molecule has 1 amide bonds. The molecule has 8 nitrogen and oxygen atoms in total. The van der Waals surface area contributed by atoms with Crippen molar-refractivity contribution in [3.05, 3.63) is 63.0 Å². The zero-order valence-corrected chi connectivity index (χ0v) is 14.3. The van der Waals surface area contributed by atoms with Crippen LogP contribution in [-0.2, 0) is 4.79 Å². The van der Waals surface area contributed by atoms with Crippen molar-refractivity contribution in [2.45, 2.75) is 33.1 Å². The molecule has 0 unspecified atom stereocenters. The summed E-state index contributed by atoms with van der Waals surface area (Å²) in [6.07, 6.45) is 1.71. The van der Waals surface area contributed by atoms with Crippen molar-refractivity contribution in [3.63, 3.8) is 0 Å². The lowest BCUT2D eigenvalue weighted by Crippen LogP contribution is -2.21. The predicted octanol–water partition coefficient (Wildman–Crippen LogP) is 1.22. The van der Waals surface area contributed by atoms with Crippen molar-refractivity contribution in [1.82, 2.24) is 25.0 Å². The monoisotopic (exact) mass is 340 g/mol. The molecule has 25 heavy (non-hydrogen) atoms. The average molecular weight is 340 g/mol. The fourth-order valence-corrected chi connectivity index (χ4v) is 3.29. The van der Waals surface area contributed by atoms with Crippen LogP contribution >= 0.6 is 0 Å². The summed E-state index contributed by atoms with van der Waals surface area (Å²) in [5.41, 5.74) is 8.75. The number of amides is 1. The van der Waals surface area contributed by atoms with Crippen molar-refractivity contribution >= 4 is 5.91 Å². The summed E-state index contributed by atoms with van der Waals surface area (Å²) < 4.78 is 1.72. The third kappa shape index (κ3) is 2.98. The standard InChI is InChI=1S/C17H20N6O2/c1-9-16(17(25)21-20-9)12(8-13(18)24)15-10(2)22-23(11(15)3)14-6-4-5-7-19-14/h4-7,12H,8H2,1-3H3,(H2,18,24)(H2,20,21,25)/t12-/m1/s1. The summed E-state index contributed by atoms with van der Waals surface area (Å²) in [4.78, 5) is 28.2. The molecule has 0 fully saturated rings. The molecule has 0 saturated heterocycles. The van der Waals surface area contributed by atoms with Gasteiger partial charge in [0.05, 0.1) is 5.69 Å². The fourth-order valence-electron chi connectivity index (χ4n) is 3.29. The summed E-state index contributed by atoms with van der Waals surface area (Å²) in [7, 11) is 0. The molecule has 0 aliphatic rings. The Bertz CT molecular complexity index is 967. The minimum Gasteiger partial charge on any atom is -0.370 e. The number of primary amides is 1. The first kappa shape index (κ1) is 16.7. The molecule has 3 aromatic rings. The average Bonchev–Trinajstić information content (AvgIpc) is 3.05. The molecule has 0 radical (unpaired) electrons. The highest BCUT2D eigenvalue weighted by Gasteiger charge is 2.29. The highest BCUT2D eigenvalue weighted by molar-refractivity contribution is 5.75. The van der Waals surface area contributed by atoms with E-state index in [1.807, 2.05) is 32.0 Å². The van der Waals surface area contributed by atoms with E-state index in [9.17, 15) is 9.59 Å². The van der Waals surface area contributed by atoms with E-state index >= 15 is 0 Å². The fraction of sp³-hybridized carbons (Fsp3) is 0.294. The van der Waals surface area contributed by atoms with E-state index in [-0.39, 0.29) is 12.0 Å². The highest BCUT2D eigenvalue weighted by atomic mass is 16.1. The lowest BCUT2D eigenvalue weighted by molar-refractivity contribution is -0.118. The van der Waals surface area contributed by atoms with E-state index in [0.29, 0.717) is 17.1 Å². The van der Waals surface area contributed by atoms with Crippen LogP contribution in [0.4, 0.5) is 0 Å². The smallest absolute Gasteiger partial charge is 0.267 e. The van der Waals surface area contributed by atoms with E-state index in [2.05, 4.69) is 20.3 Å². The maximum Gasteiger partial charge on any atom is 0.267 e. The van der Waals surface area contributed by atoms with E-state index in [0.717, 1.165) is 17.0 Å². The van der Waals surface area contributed by atoms with Gasteiger partial charge in [0.15, 0.2) is 5.82 Å². The molecule has 3 heterocycles. The number of aromatic nitrogens is 5. The molecule has 130 valence electrons. The number of hydrogen-bond donors (Lipinski definition) is 3. The number of nitrogens with two attached hydrogens (primary N) is 1. The lowest BCUT2D eigenvalue weighted by atomic mass is 9.87. The second-order valence-corrected chi connectivity index (χ2v) is 6.03. The van der Waals surface area contributed by atoms with Gasteiger partial charge in [-0.2, -0.15) is 5.10 Å². The van der Waals surface area contributed by atoms with Gasteiger partial charge < -0.3 is 10.8 Å². The zero-order chi connectivity index (χ0) is 18.1. The number of pyridine rings is 1. The number of carbonyl (C=O) groups excluding carboxylic acids is 1. The molecular formula is C17H20N6O2. The molecule has 3 aromatic heterocycles. The van der Waals surface area contributed by atoms with E-state index < -0.39 is 11.8 Å². The molecule has 0 bridgehead atoms. The highest BCUT2D eigenvalue weighted by Crippen LogP contribution is 2.32. The van der Waals surface area contributed by atoms with Crippen molar-refractivity contribution in [1.29, 1.82) is 0 Å². The predicted molar refractivity (Wildman–Crippen MR) is 92.6 cm³/mol. The summed E-state index contributed by atoms with van der Waals surface area (Å²) in [6.45, 7) is 5.54. The van der Waals surface area contributed by atoms with Crippen LogP contribution in [0.2, 0.25) is 0 Å². The number of rotatable bonds is 5. The number of H-pyrrole nitrogens is 2. The van der Waals surface area contributed by atoms with Gasteiger partial charge in [0, 0.05) is 41.1 Å². The van der Waals surface area contributed by atoms with Crippen LogP contribution in [0, 0.1) is 20.8 Å². The summed E-state index contributed by atoms with van der Waals surface area (Å²) in [5.74, 6) is -0.272. The molecule has 8 heteroatoms. The molecule has 0 aromatic carbocycles. The van der Waals surface area contributed by atoms with Gasteiger partial charge in [-0.3, -0.25) is 14.7 Å². The van der Waals surface area contributed by atoms with Crippen molar-refractivity contribution in [3.8, 4) is 5.82 Å². The number of carbonyl (C=O) groups is 1. The van der Waals surface area contributed by atoms with Gasteiger partial charge in [-0.15, -0.1) is 0 Å². The normalized spacial score (nSPS) is 12.3. The first-order chi connectivity index (χ1) is 11.9. The van der Waals surface area contributed by atoms with Crippen LogP contribution in [0.1, 0.15) is 40.5 Å². The molecule has 1 atom stereocenters. The van der Waals surface area contributed by atoms with Crippen molar-refractivity contribution in [2.24, 2.45) is 5.73 Å². The van der Waals surface area contributed by atoms with Crippen LogP contribution in [0.3, 0.4) is 0 Å². The summed E-state index contributed by atoms with van der Waals surface area (Å²) in [6, 6.07) is 5.55. The van der Waals surface area contributed by atoms with Gasteiger partial charge in [-0.05, 0) is 32.9 Å². The Morgan fingerprint density at radius 1 is 1.24 bits per heavy atom. The summed E-state index contributed by atoms with van der Waals surface area (Å²) in [5, 5.41) is 9.93. The van der Waals surface area contributed by atoms with Gasteiger partial charge in [0.1, 0.15) is 0 Å². The number of nitrogens with one attached hydrogen (secondary N) is 2. The van der Waals surface area contributed by atoms with E-state index in [4.69, 9.17) is 5.73 Å². The van der Waals surface area contributed by atoms with Crippen molar-refractivity contribution < 1.29 is 4.79 Å². The second kappa shape index (κ2) is 6.39. The maximum atomic E-state index is 12.3. The Labute approximate surface area is 144 Å². The first-order valence-corrected chi connectivity index (χ1v) is 7.93. The molecule has 0 spiro atoms. The van der Waals surface area contributed by atoms with Crippen LogP contribution in [0.25, 0.3) is 5.82 Å². The van der Waals surface area contributed by atoms with E-state index in [1.165, 1.54) is 0 Å². The van der Waals surface area contributed by atoms with Gasteiger partial charge in [-0.1, -0.05) is 6.07 Å². The van der Waals surface area contributed by atoms with E-state index in [1.54, 1.807) is 17.8 Å². The number of aromatic amines is 2. The maximum absolute atomic E-state index is 12.3. The Morgan fingerprint density at radius 3 is 2.56 bits per heavy atom. The molecule has 0 aliphatic heterocycles. The molecule has 3 rings (SSSR count). The first-order valence-electron chi connectivity index (χ1n) is 7.93. The Kier molecular flexibility index (Phi) is 4.26. The minimum atomic E-state index is -0.477. The van der Waals surface area contributed by atoms with Gasteiger partial charge >= 0.3 is 0 Å². The van der Waals surface area contributed by atoms with Crippen molar-refractivity contribution in [2.75, 3.05) is 0 Å². The largest absolute Gasteiger partial charge is 0.370 e. The summed E-state index contributed by atoms with van der Waals surface area (Å²) >= 11 is 0. The minimum absolute atomic E-state index is 0.0252. The lowest BCUT2D eigenvalue weighted by Gasteiger charge is -2.15. The SMILES string of the molecule is Cc1nn(-c2ccccn2)c(C)c1[C@@H](CC(N)=O)c1c(C)[nH][nH]c1=O. The number of aryl methyl sites for hydroxylation is 2.